The molecule has 1 atom stereocenters. The topological polar surface area (TPSA) is 4.93 Å². The second-order valence-electron chi connectivity index (χ2n) is 4.81. The monoisotopic (exact) mass is 245 g/mol. The van der Waals surface area contributed by atoms with Gasteiger partial charge in [0.2, 0.25) is 0 Å². The predicted octanol–water partition coefficient (Wildman–Crippen LogP) is 3.99. The third kappa shape index (κ3) is 1.45. The van der Waals surface area contributed by atoms with E-state index in [9.17, 15) is 0 Å². The summed E-state index contributed by atoms with van der Waals surface area (Å²) in [6.45, 7) is 4.27. The lowest BCUT2D eigenvalue weighted by Gasteiger charge is -2.24. The molecule has 1 aromatic carbocycles. The van der Waals surface area contributed by atoms with Gasteiger partial charge in [0.05, 0.1) is 0 Å². The zero-order valence-corrected chi connectivity index (χ0v) is 10.8. The molecule has 1 aromatic heterocycles. The van der Waals surface area contributed by atoms with Gasteiger partial charge in [-0.3, -0.25) is 0 Å². The van der Waals surface area contributed by atoms with Crippen LogP contribution < -0.4 is 0 Å². The standard InChI is InChI=1S/C15H16ClN/c1-10-11(9-16)7-8-14-15(10)12-5-3-4-6-13(12)17(14)2/h3-6,11H,1,7-9H2,2H3. The maximum absolute atomic E-state index is 6.03. The van der Waals surface area contributed by atoms with Crippen molar-refractivity contribution in [3.63, 3.8) is 0 Å². The summed E-state index contributed by atoms with van der Waals surface area (Å²) < 4.78 is 2.31. The number of nitrogens with zero attached hydrogens (tertiary/aromatic N) is 1. The molecule has 0 aliphatic heterocycles. The Bertz CT molecular complexity index is 594. The largest absolute Gasteiger partial charge is 0.347 e. The highest BCUT2D eigenvalue weighted by Gasteiger charge is 2.26. The Kier molecular flexibility index (Phi) is 2.52. The number of hydrogen-bond acceptors (Lipinski definition) is 0. The average Bonchev–Trinajstić information content (AvgIpc) is 2.65. The Morgan fingerprint density at radius 3 is 2.94 bits per heavy atom. The molecule has 2 aromatic rings. The Morgan fingerprint density at radius 1 is 1.41 bits per heavy atom. The highest BCUT2D eigenvalue weighted by Crippen LogP contribution is 2.40. The lowest BCUT2D eigenvalue weighted by molar-refractivity contribution is 0.626. The molecular weight excluding hydrogens is 230 g/mol. The van der Waals surface area contributed by atoms with Crippen molar-refractivity contribution < 1.29 is 0 Å². The van der Waals surface area contributed by atoms with Gasteiger partial charge in [0, 0.05) is 35.1 Å². The fraction of sp³-hybridized carbons (Fsp3) is 0.333. The van der Waals surface area contributed by atoms with Crippen molar-refractivity contribution in [1.82, 2.24) is 4.57 Å². The molecule has 1 heterocycles. The second-order valence-corrected chi connectivity index (χ2v) is 5.12. The molecule has 1 aliphatic carbocycles. The predicted molar refractivity (Wildman–Crippen MR) is 74.5 cm³/mol. The van der Waals surface area contributed by atoms with Gasteiger partial charge in [0.15, 0.2) is 0 Å². The fourth-order valence-corrected chi connectivity index (χ4v) is 3.30. The van der Waals surface area contributed by atoms with Crippen LogP contribution in [-0.4, -0.2) is 10.4 Å². The van der Waals surface area contributed by atoms with E-state index in [-0.39, 0.29) is 0 Å². The van der Waals surface area contributed by atoms with Crippen LogP contribution in [0.4, 0.5) is 0 Å². The number of aromatic nitrogens is 1. The van der Waals surface area contributed by atoms with Crippen molar-refractivity contribution in [2.75, 3.05) is 5.88 Å². The summed E-state index contributed by atoms with van der Waals surface area (Å²) in [5.41, 5.74) is 5.28. The summed E-state index contributed by atoms with van der Waals surface area (Å²) in [5, 5.41) is 1.32. The maximum Gasteiger partial charge on any atom is 0.0486 e. The molecule has 2 heteroatoms. The number of rotatable bonds is 1. The number of alkyl halides is 1. The summed E-state index contributed by atoms with van der Waals surface area (Å²) in [4.78, 5) is 0. The number of halogens is 1. The van der Waals surface area contributed by atoms with E-state index in [2.05, 4.69) is 42.5 Å². The first-order valence-electron chi connectivity index (χ1n) is 6.05. The van der Waals surface area contributed by atoms with Crippen molar-refractivity contribution in [3.8, 4) is 0 Å². The van der Waals surface area contributed by atoms with Crippen molar-refractivity contribution in [3.05, 3.63) is 42.1 Å². The van der Waals surface area contributed by atoms with Crippen LogP contribution in [0.2, 0.25) is 0 Å². The van der Waals surface area contributed by atoms with Gasteiger partial charge in [-0.25, -0.2) is 0 Å². The van der Waals surface area contributed by atoms with Gasteiger partial charge in [-0.05, 0) is 30.4 Å². The van der Waals surface area contributed by atoms with Crippen molar-refractivity contribution in [2.24, 2.45) is 13.0 Å². The Hall–Kier alpha value is -1.21. The Labute approximate surface area is 107 Å². The van der Waals surface area contributed by atoms with Crippen molar-refractivity contribution in [1.29, 1.82) is 0 Å². The molecule has 0 fully saturated rings. The van der Waals surface area contributed by atoms with Crippen LogP contribution in [0.25, 0.3) is 16.5 Å². The average molecular weight is 246 g/mol. The molecule has 0 radical (unpaired) electrons. The van der Waals surface area contributed by atoms with E-state index in [4.69, 9.17) is 11.6 Å². The van der Waals surface area contributed by atoms with Crippen LogP contribution in [0.5, 0.6) is 0 Å². The number of aryl methyl sites for hydroxylation is 1. The van der Waals surface area contributed by atoms with Gasteiger partial charge in [-0.2, -0.15) is 0 Å². The van der Waals surface area contributed by atoms with E-state index in [1.807, 2.05) is 0 Å². The van der Waals surface area contributed by atoms with Crippen LogP contribution in [0, 0.1) is 5.92 Å². The fourth-order valence-electron chi connectivity index (χ4n) is 2.96. The number of hydrogen-bond donors (Lipinski definition) is 0. The quantitative estimate of drug-likeness (QED) is 0.670. The molecule has 1 aliphatic rings. The molecule has 3 rings (SSSR count). The smallest absolute Gasteiger partial charge is 0.0486 e. The van der Waals surface area contributed by atoms with Crippen LogP contribution in [-0.2, 0) is 13.5 Å². The second kappa shape index (κ2) is 3.92. The van der Waals surface area contributed by atoms with Crippen LogP contribution >= 0.6 is 11.6 Å². The molecule has 0 spiro atoms. The zero-order chi connectivity index (χ0) is 12.0. The first kappa shape index (κ1) is 10.9. The summed E-state index contributed by atoms with van der Waals surface area (Å²) in [7, 11) is 2.15. The number of para-hydroxylation sites is 1. The molecular formula is C15H16ClN. The molecule has 0 amide bonds. The SMILES string of the molecule is C=C1c2c(n(C)c3ccccc23)CCC1CCl. The maximum atomic E-state index is 6.03. The molecule has 0 bridgehead atoms. The van der Waals surface area contributed by atoms with Gasteiger partial charge in [0.1, 0.15) is 0 Å². The molecule has 0 saturated carbocycles. The molecule has 88 valence electrons. The first-order valence-corrected chi connectivity index (χ1v) is 6.59. The van der Waals surface area contributed by atoms with Crippen LogP contribution in [0.15, 0.2) is 30.8 Å². The van der Waals surface area contributed by atoms with E-state index < -0.39 is 0 Å². The van der Waals surface area contributed by atoms with E-state index >= 15 is 0 Å². The summed E-state index contributed by atoms with van der Waals surface area (Å²) in [6, 6.07) is 8.56. The lowest BCUT2D eigenvalue weighted by atomic mass is 9.83. The molecule has 0 N–H and O–H groups in total. The molecule has 1 nitrogen and oxygen atoms in total. The minimum absolute atomic E-state index is 0.440. The molecule has 0 saturated heterocycles. The molecule has 17 heavy (non-hydrogen) atoms. The van der Waals surface area contributed by atoms with Crippen molar-refractivity contribution >= 4 is 28.1 Å². The minimum atomic E-state index is 0.440. The van der Waals surface area contributed by atoms with Gasteiger partial charge in [-0.15, -0.1) is 11.6 Å². The highest BCUT2D eigenvalue weighted by atomic mass is 35.5. The Balaban J connectivity index is 2.31. The van der Waals surface area contributed by atoms with Crippen LogP contribution in [0.3, 0.4) is 0 Å². The summed E-state index contributed by atoms with van der Waals surface area (Å²) in [5.74, 6) is 1.12. The number of benzene rings is 1. The first-order chi connectivity index (χ1) is 8.24. The van der Waals surface area contributed by atoms with E-state index in [1.165, 1.54) is 27.7 Å². The van der Waals surface area contributed by atoms with Crippen molar-refractivity contribution in [2.45, 2.75) is 12.8 Å². The normalized spacial score (nSPS) is 19.6. The minimum Gasteiger partial charge on any atom is -0.347 e. The summed E-state index contributed by atoms with van der Waals surface area (Å²) in [6.07, 6.45) is 2.23. The molecule has 1 unspecified atom stereocenters. The van der Waals surface area contributed by atoms with Gasteiger partial charge < -0.3 is 4.57 Å². The van der Waals surface area contributed by atoms with Gasteiger partial charge in [-0.1, -0.05) is 24.8 Å². The Morgan fingerprint density at radius 2 is 2.18 bits per heavy atom. The van der Waals surface area contributed by atoms with Crippen LogP contribution in [0.1, 0.15) is 17.7 Å². The third-order valence-corrected chi connectivity index (χ3v) is 4.33. The van der Waals surface area contributed by atoms with Gasteiger partial charge in [0.25, 0.3) is 0 Å². The van der Waals surface area contributed by atoms with E-state index in [0.717, 1.165) is 12.8 Å². The zero-order valence-electron chi connectivity index (χ0n) is 10.0. The third-order valence-electron chi connectivity index (χ3n) is 3.96. The highest BCUT2D eigenvalue weighted by molar-refractivity contribution is 6.18. The van der Waals surface area contributed by atoms with E-state index in [1.54, 1.807) is 0 Å². The summed E-state index contributed by atoms with van der Waals surface area (Å²) >= 11 is 6.03. The van der Waals surface area contributed by atoms with E-state index in [0.29, 0.717) is 11.8 Å². The number of fused-ring (bicyclic) bond motifs is 3. The number of allylic oxidation sites excluding steroid dienone is 1. The lowest BCUT2D eigenvalue weighted by Crippen LogP contribution is -2.14. The van der Waals surface area contributed by atoms with Gasteiger partial charge >= 0.3 is 0 Å².